The maximum Gasteiger partial charge on any atom is 0.255 e. The molecule has 2 amide bonds. The normalized spacial score (nSPS) is 19.5. The van der Waals surface area contributed by atoms with Crippen LogP contribution in [0.4, 0.5) is 5.82 Å². The van der Waals surface area contributed by atoms with Gasteiger partial charge in [-0.05, 0) is 24.3 Å². The molecule has 2 aromatic rings. The summed E-state index contributed by atoms with van der Waals surface area (Å²) in [4.78, 5) is 33.4. The summed E-state index contributed by atoms with van der Waals surface area (Å²) in [5.41, 5.74) is 0.533. The average Bonchev–Trinajstić information content (AvgIpc) is 3.35. The van der Waals surface area contributed by atoms with Crippen LogP contribution in [0.25, 0.3) is 0 Å². The zero-order chi connectivity index (χ0) is 23.3. The van der Waals surface area contributed by atoms with Crippen LogP contribution in [0.1, 0.15) is 10.4 Å². The van der Waals surface area contributed by atoms with E-state index in [1.54, 1.807) is 35.4 Å². The van der Waals surface area contributed by atoms with Crippen molar-refractivity contribution in [2.75, 3.05) is 55.0 Å². The van der Waals surface area contributed by atoms with Crippen LogP contribution in [0.15, 0.2) is 54.7 Å². The van der Waals surface area contributed by atoms with E-state index in [0.717, 1.165) is 5.82 Å². The standard InChI is InChI=1S/C22H27N5O4S2/c28-21(19-16-32-17-27(19)22(29)18-6-2-1-3-7-18)24-10-15-33(30,31)26-13-11-25(12-14-26)20-8-4-5-9-23-20/h1-9,19H,10-17H2,(H,24,28)/t19-/m0/s1. The summed E-state index contributed by atoms with van der Waals surface area (Å²) in [6, 6.07) is 13.9. The van der Waals surface area contributed by atoms with Gasteiger partial charge in [0, 0.05) is 50.2 Å². The molecule has 1 aromatic carbocycles. The SMILES string of the molecule is O=C(NCCS(=O)(=O)N1CCN(c2ccccn2)CC1)[C@@H]1CSCN1C(=O)c1ccccc1. The van der Waals surface area contributed by atoms with Gasteiger partial charge in [-0.2, -0.15) is 4.31 Å². The fourth-order valence-corrected chi connectivity index (χ4v) is 6.38. The lowest BCUT2D eigenvalue weighted by atomic mass is 10.1. The molecule has 9 nitrogen and oxygen atoms in total. The molecule has 2 saturated heterocycles. The first-order chi connectivity index (χ1) is 16.0. The van der Waals surface area contributed by atoms with Crippen LogP contribution in [-0.2, 0) is 14.8 Å². The minimum atomic E-state index is -3.50. The van der Waals surface area contributed by atoms with Gasteiger partial charge in [0.1, 0.15) is 11.9 Å². The van der Waals surface area contributed by atoms with Crippen molar-refractivity contribution in [2.24, 2.45) is 0 Å². The number of pyridine rings is 1. The summed E-state index contributed by atoms with van der Waals surface area (Å²) in [7, 11) is -3.50. The second-order valence-corrected chi connectivity index (χ2v) is 10.9. The third kappa shape index (κ3) is 5.66. The Morgan fingerprint density at radius 2 is 1.76 bits per heavy atom. The molecule has 1 N–H and O–H groups in total. The Morgan fingerprint density at radius 3 is 2.45 bits per heavy atom. The number of carbonyl (C=O) groups excluding carboxylic acids is 2. The molecule has 2 aliphatic heterocycles. The van der Waals surface area contributed by atoms with Crippen LogP contribution in [-0.4, -0.2) is 90.6 Å². The lowest BCUT2D eigenvalue weighted by Crippen LogP contribution is -2.51. The fraction of sp³-hybridized carbons (Fsp3) is 0.409. The van der Waals surface area contributed by atoms with Crippen LogP contribution in [0.2, 0.25) is 0 Å². The van der Waals surface area contributed by atoms with E-state index in [1.165, 1.54) is 16.1 Å². The number of anilines is 1. The van der Waals surface area contributed by atoms with Crippen molar-refractivity contribution in [2.45, 2.75) is 6.04 Å². The second-order valence-electron chi connectivity index (χ2n) is 7.84. The highest BCUT2D eigenvalue weighted by molar-refractivity contribution is 7.99. The number of amides is 2. The van der Waals surface area contributed by atoms with Crippen molar-refractivity contribution in [1.82, 2.24) is 19.5 Å². The van der Waals surface area contributed by atoms with Crippen molar-refractivity contribution in [3.05, 3.63) is 60.3 Å². The topological polar surface area (TPSA) is 103 Å². The second kappa shape index (κ2) is 10.5. The minimum Gasteiger partial charge on any atom is -0.354 e. The zero-order valence-corrected chi connectivity index (χ0v) is 19.8. The highest BCUT2D eigenvalue weighted by Gasteiger charge is 2.35. The van der Waals surface area contributed by atoms with Crippen LogP contribution in [0, 0.1) is 0 Å². The molecule has 0 unspecified atom stereocenters. The molecule has 33 heavy (non-hydrogen) atoms. The summed E-state index contributed by atoms with van der Waals surface area (Å²) in [5.74, 6) is 1.08. The summed E-state index contributed by atoms with van der Waals surface area (Å²) in [6.45, 7) is 1.91. The maximum absolute atomic E-state index is 12.8. The number of hydrogen-bond donors (Lipinski definition) is 1. The zero-order valence-electron chi connectivity index (χ0n) is 18.2. The van der Waals surface area contributed by atoms with Gasteiger partial charge in [0.2, 0.25) is 15.9 Å². The Labute approximate surface area is 198 Å². The van der Waals surface area contributed by atoms with E-state index in [9.17, 15) is 18.0 Å². The molecule has 0 bridgehead atoms. The molecule has 0 spiro atoms. The van der Waals surface area contributed by atoms with Gasteiger partial charge >= 0.3 is 0 Å². The third-order valence-electron chi connectivity index (χ3n) is 5.73. The smallest absolute Gasteiger partial charge is 0.255 e. The number of nitrogens with one attached hydrogen (secondary N) is 1. The van der Waals surface area contributed by atoms with Gasteiger partial charge in [0.15, 0.2) is 0 Å². The lowest BCUT2D eigenvalue weighted by Gasteiger charge is -2.34. The molecule has 3 heterocycles. The molecule has 4 rings (SSSR count). The molecule has 1 aromatic heterocycles. The number of piperazine rings is 1. The van der Waals surface area contributed by atoms with Crippen molar-refractivity contribution in [3.8, 4) is 0 Å². The van der Waals surface area contributed by atoms with Crippen LogP contribution in [0.5, 0.6) is 0 Å². The first kappa shape index (κ1) is 23.5. The number of sulfonamides is 1. The molecule has 1 atom stereocenters. The van der Waals surface area contributed by atoms with Gasteiger partial charge in [-0.25, -0.2) is 13.4 Å². The number of aromatic nitrogens is 1. The highest BCUT2D eigenvalue weighted by atomic mass is 32.2. The molecule has 176 valence electrons. The molecular weight excluding hydrogens is 462 g/mol. The molecule has 11 heteroatoms. The van der Waals surface area contributed by atoms with E-state index in [4.69, 9.17) is 0 Å². The quantitative estimate of drug-likeness (QED) is 0.616. The number of thioether (sulfide) groups is 1. The Kier molecular flexibility index (Phi) is 7.51. The largest absolute Gasteiger partial charge is 0.354 e. The van der Waals surface area contributed by atoms with Crippen molar-refractivity contribution >= 4 is 39.4 Å². The maximum atomic E-state index is 12.8. The number of hydrogen-bond acceptors (Lipinski definition) is 7. The van der Waals surface area contributed by atoms with E-state index >= 15 is 0 Å². The summed E-state index contributed by atoms with van der Waals surface area (Å²) in [5, 5.41) is 2.72. The monoisotopic (exact) mass is 489 g/mol. The van der Waals surface area contributed by atoms with Gasteiger partial charge in [-0.1, -0.05) is 24.3 Å². The van der Waals surface area contributed by atoms with E-state index in [-0.39, 0.29) is 24.1 Å². The Balaban J connectivity index is 1.26. The fourth-order valence-electron chi connectivity index (χ4n) is 3.89. The molecular formula is C22H27N5O4S2. The molecule has 0 aliphatic carbocycles. The molecule has 2 aliphatic rings. The van der Waals surface area contributed by atoms with Gasteiger partial charge in [0.05, 0.1) is 11.6 Å². The van der Waals surface area contributed by atoms with E-state index < -0.39 is 16.1 Å². The first-order valence-corrected chi connectivity index (χ1v) is 13.6. The van der Waals surface area contributed by atoms with Gasteiger partial charge in [-0.3, -0.25) is 9.59 Å². The predicted octanol–water partition coefficient (Wildman–Crippen LogP) is 0.865. The van der Waals surface area contributed by atoms with Crippen LogP contribution >= 0.6 is 11.8 Å². The predicted molar refractivity (Wildman–Crippen MR) is 129 cm³/mol. The van der Waals surface area contributed by atoms with Crippen molar-refractivity contribution < 1.29 is 18.0 Å². The van der Waals surface area contributed by atoms with Gasteiger partial charge < -0.3 is 15.1 Å². The average molecular weight is 490 g/mol. The van der Waals surface area contributed by atoms with Crippen molar-refractivity contribution in [1.29, 1.82) is 0 Å². The summed E-state index contributed by atoms with van der Waals surface area (Å²) in [6.07, 6.45) is 1.72. The first-order valence-electron chi connectivity index (χ1n) is 10.8. The van der Waals surface area contributed by atoms with E-state index in [1.807, 2.05) is 24.3 Å². The molecule has 0 saturated carbocycles. The number of carbonyl (C=O) groups is 2. The van der Waals surface area contributed by atoms with Crippen molar-refractivity contribution in [3.63, 3.8) is 0 Å². The third-order valence-corrected chi connectivity index (χ3v) is 8.62. The highest BCUT2D eigenvalue weighted by Crippen LogP contribution is 2.23. The van der Waals surface area contributed by atoms with Gasteiger partial charge in [0.25, 0.3) is 5.91 Å². The molecule has 2 fully saturated rings. The van der Waals surface area contributed by atoms with E-state index in [0.29, 0.717) is 43.4 Å². The van der Waals surface area contributed by atoms with Crippen LogP contribution in [0.3, 0.4) is 0 Å². The Morgan fingerprint density at radius 1 is 1.03 bits per heavy atom. The minimum absolute atomic E-state index is 0.0101. The molecule has 0 radical (unpaired) electrons. The number of nitrogens with zero attached hydrogens (tertiary/aromatic N) is 4. The Bertz CT molecular complexity index is 1060. The number of benzene rings is 1. The summed E-state index contributed by atoms with van der Waals surface area (Å²) >= 11 is 1.51. The van der Waals surface area contributed by atoms with Gasteiger partial charge in [-0.15, -0.1) is 11.8 Å². The van der Waals surface area contributed by atoms with E-state index in [2.05, 4.69) is 15.2 Å². The van der Waals surface area contributed by atoms with Crippen LogP contribution < -0.4 is 10.2 Å². The Hall–Kier alpha value is -2.63. The summed E-state index contributed by atoms with van der Waals surface area (Å²) < 4.78 is 27.0. The number of rotatable bonds is 7. The lowest BCUT2D eigenvalue weighted by molar-refractivity contribution is -0.124.